The van der Waals surface area contributed by atoms with Crippen LogP contribution in [-0.2, 0) is 22.6 Å². The van der Waals surface area contributed by atoms with Gasteiger partial charge >= 0.3 is 0 Å². The second kappa shape index (κ2) is 8.91. The number of carbonyl (C=O) groups is 2. The Morgan fingerprint density at radius 2 is 1.74 bits per heavy atom. The van der Waals surface area contributed by atoms with Crippen molar-refractivity contribution in [2.75, 3.05) is 18.9 Å². The van der Waals surface area contributed by atoms with E-state index in [4.69, 9.17) is 11.6 Å². The number of nitrogens with zero attached hydrogens (tertiary/aromatic N) is 1. The summed E-state index contributed by atoms with van der Waals surface area (Å²) in [7, 11) is 1.61. The monoisotopic (exact) mass is 385 g/mol. The first-order valence-electron chi connectivity index (χ1n) is 9.15. The van der Waals surface area contributed by atoms with Gasteiger partial charge in [-0.05, 0) is 48.2 Å². The van der Waals surface area contributed by atoms with Crippen LogP contribution in [0.4, 0.5) is 5.69 Å². The minimum Gasteiger partial charge on any atom is -0.381 e. The molecule has 0 bridgehead atoms. The van der Waals surface area contributed by atoms with Gasteiger partial charge in [-0.25, -0.2) is 0 Å². The van der Waals surface area contributed by atoms with Gasteiger partial charge in [0.15, 0.2) is 0 Å². The summed E-state index contributed by atoms with van der Waals surface area (Å²) in [5, 5.41) is 6.73. The molecule has 2 amide bonds. The fourth-order valence-electron chi connectivity index (χ4n) is 3.33. The molecule has 1 fully saturated rings. The van der Waals surface area contributed by atoms with E-state index in [0.717, 1.165) is 34.7 Å². The summed E-state index contributed by atoms with van der Waals surface area (Å²) in [6.45, 7) is 1.36. The van der Waals surface area contributed by atoms with E-state index in [1.54, 1.807) is 11.9 Å². The smallest absolute Gasteiger partial charge is 0.242 e. The Balaban J connectivity index is 1.54. The van der Waals surface area contributed by atoms with Crippen LogP contribution in [0.5, 0.6) is 0 Å². The Kier molecular flexibility index (Phi) is 6.35. The maximum atomic E-state index is 12.6. The van der Waals surface area contributed by atoms with Crippen molar-refractivity contribution in [3.63, 3.8) is 0 Å². The maximum absolute atomic E-state index is 12.6. The SMILES string of the molecule is CNC(=O)[C@@H]1CCCN1C(=O)Cc1ccc(NCc2ccc(Cl)cc2)cc1. The van der Waals surface area contributed by atoms with Crippen LogP contribution >= 0.6 is 11.6 Å². The first-order valence-corrected chi connectivity index (χ1v) is 9.53. The van der Waals surface area contributed by atoms with Crippen molar-refractivity contribution < 1.29 is 9.59 Å². The quantitative estimate of drug-likeness (QED) is 0.802. The summed E-state index contributed by atoms with van der Waals surface area (Å²) >= 11 is 5.90. The molecule has 1 heterocycles. The predicted molar refractivity (Wildman–Crippen MR) is 108 cm³/mol. The number of rotatable bonds is 6. The molecular weight excluding hydrogens is 362 g/mol. The molecule has 1 aliphatic rings. The van der Waals surface area contributed by atoms with Crippen LogP contribution in [0.2, 0.25) is 5.02 Å². The maximum Gasteiger partial charge on any atom is 0.242 e. The van der Waals surface area contributed by atoms with Crippen LogP contribution in [-0.4, -0.2) is 36.3 Å². The molecule has 2 aromatic carbocycles. The van der Waals surface area contributed by atoms with Gasteiger partial charge in [0.05, 0.1) is 6.42 Å². The van der Waals surface area contributed by atoms with Crippen molar-refractivity contribution in [2.24, 2.45) is 0 Å². The number of carbonyl (C=O) groups excluding carboxylic acids is 2. The first kappa shape index (κ1) is 19.2. The van der Waals surface area contributed by atoms with E-state index in [2.05, 4.69) is 10.6 Å². The number of nitrogens with one attached hydrogen (secondary N) is 2. The standard InChI is InChI=1S/C21H24ClN3O2/c1-23-21(27)19-3-2-12-25(19)20(26)13-15-6-10-18(11-7-15)24-14-16-4-8-17(22)9-5-16/h4-11,19,24H,2-3,12-14H2,1H3,(H,23,27)/t19-/m0/s1. The largest absolute Gasteiger partial charge is 0.381 e. The number of halogens is 1. The number of benzene rings is 2. The van der Waals surface area contributed by atoms with Gasteiger partial charge in [0.1, 0.15) is 6.04 Å². The molecule has 5 nitrogen and oxygen atoms in total. The molecule has 1 atom stereocenters. The van der Waals surface area contributed by atoms with E-state index in [1.165, 1.54) is 0 Å². The summed E-state index contributed by atoms with van der Waals surface area (Å²) in [4.78, 5) is 26.2. The lowest BCUT2D eigenvalue weighted by Gasteiger charge is -2.23. The van der Waals surface area contributed by atoms with Gasteiger partial charge in [-0.15, -0.1) is 0 Å². The van der Waals surface area contributed by atoms with Crippen molar-refractivity contribution in [1.82, 2.24) is 10.2 Å². The topological polar surface area (TPSA) is 61.4 Å². The Bertz CT molecular complexity index is 790. The summed E-state index contributed by atoms with van der Waals surface area (Å²) in [5.41, 5.74) is 3.08. The predicted octanol–water partition coefficient (Wildman–Crippen LogP) is 3.23. The highest BCUT2D eigenvalue weighted by Gasteiger charge is 2.33. The summed E-state index contributed by atoms with van der Waals surface area (Å²) in [5.74, 6) is -0.0782. The molecule has 2 N–H and O–H groups in total. The fourth-order valence-corrected chi connectivity index (χ4v) is 3.45. The zero-order valence-corrected chi connectivity index (χ0v) is 16.1. The number of likely N-dealkylation sites (tertiary alicyclic amines) is 1. The number of likely N-dealkylation sites (N-methyl/N-ethyl adjacent to an activating group) is 1. The minimum atomic E-state index is -0.331. The van der Waals surface area contributed by atoms with Gasteiger partial charge in [-0.1, -0.05) is 35.9 Å². The normalized spacial score (nSPS) is 16.2. The number of hydrogen-bond donors (Lipinski definition) is 2. The average molecular weight is 386 g/mol. The van der Waals surface area contributed by atoms with Crippen LogP contribution in [0.1, 0.15) is 24.0 Å². The number of anilines is 1. The van der Waals surface area contributed by atoms with Crippen LogP contribution in [0.15, 0.2) is 48.5 Å². The summed E-state index contributed by atoms with van der Waals surface area (Å²) in [6, 6.07) is 15.2. The van der Waals surface area contributed by atoms with Crippen molar-refractivity contribution in [3.8, 4) is 0 Å². The molecule has 0 aromatic heterocycles. The summed E-state index contributed by atoms with van der Waals surface area (Å²) < 4.78 is 0. The van der Waals surface area contributed by atoms with Crippen molar-refractivity contribution in [3.05, 3.63) is 64.7 Å². The van der Waals surface area contributed by atoms with E-state index in [9.17, 15) is 9.59 Å². The lowest BCUT2D eigenvalue weighted by Crippen LogP contribution is -2.45. The molecule has 1 saturated heterocycles. The molecule has 0 unspecified atom stereocenters. The van der Waals surface area contributed by atoms with Crippen LogP contribution < -0.4 is 10.6 Å². The second-order valence-electron chi connectivity index (χ2n) is 6.71. The second-order valence-corrected chi connectivity index (χ2v) is 7.15. The average Bonchev–Trinajstić information content (AvgIpc) is 3.18. The third-order valence-corrected chi connectivity index (χ3v) is 5.09. The number of amides is 2. The molecule has 0 aliphatic carbocycles. The highest BCUT2D eigenvalue weighted by molar-refractivity contribution is 6.30. The molecule has 142 valence electrons. The lowest BCUT2D eigenvalue weighted by atomic mass is 10.1. The molecular formula is C21H24ClN3O2. The van der Waals surface area contributed by atoms with Gasteiger partial charge in [0, 0.05) is 30.8 Å². The van der Waals surface area contributed by atoms with E-state index in [0.29, 0.717) is 19.5 Å². The third kappa shape index (κ3) is 5.01. The Labute approximate surface area is 164 Å². The minimum absolute atomic E-state index is 0.00275. The summed E-state index contributed by atoms with van der Waals surface area (Å²) in [6.07, 6.45) is 1.92. The molecule has 6 heteroatoms. The van der Waals surface area contributed by atoms with E-state index < -0.39 is 0 Å². The Hall–Kier alpha value is -2.53. The highest BCUT2D eigenvalue weighted by atomic mass is 35.5. The van der Waals surface area contributed by atoms with Crippen molar-refractivity contribution in [2.45, 2.75) is 31.8 Å². The molecule has 0 saturated carbocycles. The van der Waals surface area contributed by atoms with E-state index in [-0.39, 0.29) is 17.9 Å². The van der Waals surface area contributed by atoms with Crippen LogP contribution in [0.25, 0.3) is 0 Å². The lowest BCUT2D eigenvalue weighted by molar-refractivity contribution is -0.137. The Morgan fingerprint density at radius 1 is 1.07 bits per heavy atom. The van der Waals surface area contributed by atoms with Gasteiger partial charge in [-0.3, -0.25) is 9.59 Å². The van der Waals surface area contributed by atoms with Crippen molar-refractivity contribution >= 4 is 29.1 Å². The van der Waals surface area contributed by atoms with Gasteiger partial charge < -0.3 is 15.5 Å². The molecule has 3 rings (SSSR count). The Morgan fingerprint density at radius 3 is 2.41 bits per heavy atom. The molecule has 0 spiro atoms. The zero-order chi connectivity index (χ0) is 19.2. The fraction of sp³-hybridized carbons (Fsp3) is 0.333. The van der Waals surface area contributed by atoms with Crippen molar-refractivity contribution in [1.29, 1.82) is 0 Å². The van der Waals surface area contributed by atoms with Gasteiger partial charge in [-0.2, -0.15) is 0 Å². The molecule has 2 aromatic rings. The van der Waals surface area contributed by atoms with Gasteiger partial charge in [0.2, 0.25) is 11.8 Å². The number of hydrogen-bond acceptors (Lipinski definition) is 3. The van der Waals surface area contributed by atoms with E-state index >= 15 is 0 Å². The molecule has 1 aliphatic heterocycles. The van der Waals surface area contributed by atoms with Crippen LogP contribution in [0, 0.1) is 0 Å². The third-order valence-electron chi connectivity index (χ3n) is 4.84. The molecule has 27 heavy (non-hydrogen) atoms. The zero-order valence-electron chi connectivity index (χ0n) is 15.4. The van der Waals surface area contributed by atoms with Crippen LogP contribution in [0.3, 0.4) is 0 Å². The van der Waals surface area contributed by atoms with Gasteiger partial charge in [0.25, 0.3) is 0 Å². The molecule has 0 radical (unpaired) electrons. The highest BCUT2D eigenvalue weighted by Crippen LogP contribution is 2.20. The first-order chi connectivity index (χ1) is 13.1. The van der Waals surface area contributed by atoms with E-state index in [1.807, 2.05) is 48.5 Å².